The van der Waals surface area contributed by atoms with E-state index in [2.05, 4.69) is 4.90 Å². The van der Waals surface area contributed by atoms with Gasteiger partial charge in [-0.3, -0.25) is 38.6 Å². The molecule has 0 aromatic heterocycles. The van der Waals surface area contributed by atoms with Gasteiger partial charge in [0.05, 0.1) is 42.6 Å². The number of hydrogen-bond acceptors (Lipinski definition) is 17. The van der Waals surface area contributed by atoms with Gasteiger partial charge in [-0.25, -0.2) is 0 Å². The van der Waals surface area contributed by atoms with Gasteiger partial charge in [-0.05, 0) is 31.9 Å². The number of rotatable bonds is 16. The summed E-state index contributed by atoms with van der Waals surface area (Å²) in [5, 5.41) is 48.3. The number of fused-ring (bicyclic) bond motifs is 6. The van der Waals surface area contributed by atoms with Gasteiger partial charge in [-0.1, -0.05) is 18.6 Å². The second kappa shape index (κ2) is 19.8. The number of aromatic hydroxyl groups is 2. The molecule has 3 fully saturated rings. The maximum atomic E-state index is 14.2. The van der Waals surface area contributed by atoms with Crippen LogP contribution >= 0.6 is 0 Å². The average molecular weight is 947 g/mol. The number of methoxy groups -OCH3 is 2. The minimum atomic E-state index is -2.18. The van der Waals surface area contributed by atoms with Gasteiger partial charge in [0, 0.05) is 114 Å². The molecule has 9 atom stereocenters. The monoisotopic (exact) mass is 946 g/mol. The van der Waals surface area contributed by atoms with Gasteiger partial charge >= 0.3 is 0 Å². The molecule has 4 heterocycles. The maximum Gasteiger partial charge on any atom is 0.253 e. The van der Waals surface area contributed by atoms with Crippen molar-refractivity contribution >= 4 is 35.2 Å². The van der Waals surface area contributed by atoms with Gasteiger partial charge in [0.1, 0.15) is 35.1 Å². The number of carbonyl (C=O) groups excluding carboxylic acids is 6. The van der Waals surface area contributed by atoms with Crippen molar-refractivity contribution in [3.8, 4) is 17.2 Å². The minimum Gasteiger partial charge on any atom is -0.507 e. The molecule has 1 unspecified atom stereocenters. The molecule has 3 saturated heterocycles. The Balaban J connectivity index is 0.987. The van der Waals surface area contributed by atoms with E-state index in [1.807, 2.05) is 6.92 Å². The molecule has 2 aliphatic carbocycles. The number of aliphatic hydroxyl groups excluding tert-OH is 1. The first-order valence-electron chi connectivity index (χ1n) is 22.8. The van der Waals surface area contributed by atoms with Crippen LogP contribution in [-0.2, 0) is 49.3 Å². The molecule has 366 valence electrons. The van der Waals surface area contributed by atoms with E-state index < -0.39 is 95.7 Å². The lowest BCUT2D eigenvalue weighted by molar-refractivity contribution is -0.257. The van der Waals surface area contributed by atoms with Gasteiger partial charge in [0.25, 0.3) is 11.8 Å². The Labute approximate surface area is 392 Å². The fourth-order valence-electron chi connectivity index (χ4n) is 10.2. The summed E-state index contributed by atoms with van der Waals surface area (Å²) in [5.74, 6) is -4.18. The fourth-order valence-corrected chi connectivity index (χ4v) is 10.2. The fraction of sp³-hybridized carbons (Fsp3) is 0.542. The Morgan fingerprint density at radius 3 is 2.40 bits per heavy atom. The number of unbranched alkanes of at least 4 members (excludes halogenated alkanes) is 2. The minimum absolute atomic E-state index is 0.0627. The van der Waals surface area contributed by atoms with Crippen molar-refractivity contribution in [2.45, 2.75) is 107 Å². The molecular weight excluding hydrogens is 889 g/mol. The summed E-state index contributed by atoms with van der Waals surface area (Å²) in [7, 11) is 5.99. The molecule has 20 heteroatoms. The number of carbonyl (C=O) groups is 6. The predicted octanol–water partition coefficient (Wildman–Crippen LogP) is 1.47. The quantitative estimate of drug-likeness (QED) is 0.0687. The number of aliphatic hydroxyl groups is 2. The molecule has 8 rings (SSSR count). The molecule has 2 aromatic carbocycles. The number of likely N-dealkylation sites (N-methyl/N-ethyl adjacent to an activating group) is 2. The topological polar surface area (TPSA) is 252 Å². The third-order valence-electron chi connectivity index (χ3n) is 13.9. The van der Waals surface area contributed by atoms with Gasteiger partial charge < -0.3 is 58.6 Å². The normalized spacial score (nSPS) is 28.0. The number of hydrogen-bond donors (Lipinski definition) is 4. The first-order valence-corrected chi connectivity index (χ1v) is 22.8. The van der Waals surface area contributed by atoms with Crippen LogP contribution < -0.4 is 4.74 Å². The smallest absolute Gasteiger partial charge is 0.253 e. The van der Waals surface area contributed by atoms with Crippen molar-refractivity contribution in [1.29, 1.82) is 0 Å². The van der Waals surface area contributed by atoms with E-state index in [1.165, 1.54) is 61.4 Å². The highest BCUT2D eigenvalue weighted by atomic mass is 16.7. The summed E-state index contributed by atoms with van der Waals surface area (Å²) >= 11 is 0. The summed E-state index contributed by atoms with van der Waals surface area (Å²) in [6.45, 7) is 3.35. The van der Waals surface area contributed by atoms with Gasteiger partial charge in [0.2, 0.25) is 17.6 Å². The Morgan fingerprint density at radius 2 is 1.68 bits per heavy atom. The van der Waals surface area contributed by atoms with Gasteiger partial charge in [-0.2, -0.15) is 0 Å². The number of phenols is 2. The molecule has 6 aliphatic rings. The molecule has 2 aromatic rings. The first-order chi connectivity index (χ1) is 32.5. The molecule has 0 spiro atoms. The van der Waals surface area contributed by atoms with Crippen LogP contribution in [0, 0.1) is 0 Å². The van der Waals surface area contributed by atoms with E-state index in [4.69, 9.17) is 28.4 Å². The lowest BCUT2D eigenvalue weighted by atomic mass is 9.71. The summed E-state index contributed by atoms with van der Waals surface area (Å²) < 4.78 is 36.0. The Bertz CT molecular complexity index is 2400. The highest BCUT2D eigenvalue weighted by Crippen LogP contribution is 2.53. The summed E-state index contributed by atoms with van der Waals surface area (Å²) in [6, 6.07) is 4.19. The molecule has 0 bridgehead atoms. The number of ether oxygens (including phenoxy) is 6. The standard InChI is InChI=1S/C48H58N4O16/c1-25-45-28(51-20-21-65-47(64-5)46(51)68-45)22-36(66-25)67-30-24-48(62,23-27-38(30)44(61)40-39(42(27)59)41(58)26-10-9-11-29(63-4)37(26)43(40)60)31(53)13-14-33(55)50(3)19-18-49(2)32(54)12-7-6-8-17-52-34(56)15-16-35(52)57/h9-11,13-16,25,28,30-31,36,45-47,53,59,61-62H,6-8,12,17-24H2,1-5H3/b14-13+/t25-,28-,30-,31?,36-,45+,46+,47-,48-/m0/s1. The molecule has 4 amide bonds. The van der Waals surface area contributed by atoms with Crippen molar-refractivity contribution in [3.05, 3.63) is 75.9 Å². The number of phenolic OH excluding ortho intramolecular Hbond substituents is 2. The SMILES string of the molecule is COc1cccc2c1C(=O)c1c(O)c3c(c(O)c1C2=O)C[C@@](O)(C(O)/C=C/C(=O)N(C)CCN(C)C(=O)CCCCCN1C(=O)C=CC1=O)C[C@@H]3O[C@H]1C[C@H]2[C@H](O[C@@H]3[C@@H](OC)OCCN32)[C@H](C)O1. The highest BCUT2D eigenvalue weighted by Gasteiger charge is 2.55. The molecule has 68 heavy (non-hydrogen) atoms. The predicted molar refractivity (Wildman–Crippen MR) is 236 cm³/mol. The van der Waals surface area contributed by atoms with Crippen molar-refractivity contribution < 1.29 is 77.6 Å². The van der Waals surface area contributed by atoms with Crippen LogP contribution in [0.3, 0.4) is 0 Å². The van der Waals surface area contributed by atoms with E-state index in [0.717, 1.165) is 17.1 Å². The molecule has 0 saturated carbocycles. The van der Waals surface area contributed by atoms with Gasteiger partial charge in [-0.15, -0.1) is 0 Å². The van der Waals surface area contributed by atoms with Crippen LogP contribution in [0.25, 0.3) is 0 Å². The second-order valence-corrected chi connectivity index (χ2v) is 18.1. The average Bonchev–Trinajstić information content (AvgIpc) is 3.87. The number of ketones is 2. The number of imide groups is 1. The van der Waals surface area contributed by atoms with Crippen molar-refractivity contribution in [2.75, 3.05) is 61.1 Å². The van der Waals surface area contributed by atoms with E-state index in [9.17, 15) is 49.2 Å². The maximum absolute atomic E-state index is 14.2. The third kappa shape index (κ3) is 9.06. The van der Waals surface area contributed by atoms with E-state index in [0.29, 0.717) is 32.4 Å². The largest absolute Gasteiger partial charge is 0.507 e. The van der Waals surface area contributed by atoms with Crippen LogP contribution in [-0.4, -0.2) is 185 Å². The van der Waals surface area contributed by atoms with E-state index in [-0.39, 0.29) is 90.3 Å². The zero-order valence-electron chi connectivity index (χ0n) is 38.6. The number of amides is 4. The summed E-state index contributed by atoms with van der Waals surface area (Å²) in [5.41, 5.74) is -3.50. The molecule has 4 N–H and O–H groups in total. The molecule has 20 nitrogen and oxygen atoms in total. The van der Waals surface area contributed by atoms with E-state index in [1.54, 1.807) is 7.05 Å². The molecule has 0 radical (unpaired) electrons. The third-order valence-corrected chi connectivity index (χ3v) is 13.9. The van der Waals surface area contributed by atoms with Crippen LogP contribution in [0.2, 0.25) is 0 Å². The number of nitrogens with zero attached hydrogens (tertiary/aromatic N) is 4. The lowest BCUT2D eigenvalue weighted by Crippen LogP contribution is -2.55. The summed E-state index contributed by atoms with van der Waals surface area (Å²) in [6.07, 6.45) is -0.273. The second-order valence-electron chi connectivity index (χ2n) is 18.1. The Morgan fingerprint density at radius 1 is 0.956 bits per heavy atom. The van der Waals surface area contributed by atoms with Crippen LogP contribution in [0.5, 0.6) is 17.2 Å². The zero-order valence-corrected chi connectivity index (χ0v) is 38.6. The molecule has 4 aliphatic heterocycles. The zero-order chi connectivity index (χ0) is 48.8. The number of morpholine rings is 1. The van der Waals surface area contributed by atoms with E-state index >= 15 is 0 Å². The van der Waals surface area contributed by atoms with Crippen LogP contribution in [0.1, 0.15) is 94.5 Å². The van der Waals surface area contributed by atoms with Crippen molar-refractivity contribution in [1.82, 2.24) is 19.6 Å². The van der Waals surface area contributed by atoms with Crippen molar-refractivity contribution in [2.24, 2.45) is 0 Å². The molecular formula is C48H58N4O16. The number of benzene rings is 2. The van der Waals surface area contributed by atoms with Crippen molar-refractivity contribution in [3.63, 3.8) is 0 Å². The Kier molecular flexibility index (Phi) is 14.2. The van der Waals surface area contributed by atoms with Crippen LogP contribution in [0.4, 0.5) is 0 Å². The van der Waals surface area contributed by atoms with Crippen LogP contribution in [0.15, 0.2) is 42.5 Å². The highest BCUT2D eigenvalue weighted by molar-refractivity contribution is 6.31. The van der Waals surface area contributed by atoms with Gasteiger partial charge in [0.15, 0.2) is 24.6 Å². The lowest BCUT2D eigenvalue weighted by Gasteiger charge is -2.44. The summed E-state index contributed by atoms with van der Waals surface area (Å²) in [4.78, 5) is 84.1. The Hall–Kier alpha value is -5.58. The first kappa shape index (κ1) is 48.9.